The minimum atomic E-state index is -1.97. The zero-order valence-corrected chi connectivity index (χ0v) is 20.0. The Kier molecular flexibility index (Phi) is 5.81. The minimum absolute atomic E-state index is 0.171. The molecule has 3 aromatic heterocycles. The first-order valence-electron chi connectivity index (χ1n) is 10.6. The third-order valence-corrected chi connectivity index (χ3v) is 6.59. The van der Waals surface area contributed by atoms with Gasteiger partial charge in [0.05, 0.1) is 18.3 Å². The average molecular weight is 541 g/mol. The maximum absolute atomic E-state index is 14.9. The first kappa shape index (κ1) is 23.1. The lowest BCUT2D eigenvalue weighted by Gasteiger charge is -2.35. The van der Waals surface area contributed by atoms with Crippen molar-refractivity contribution < 1.29 is 13.9 Å². The quantitative estimate of drug-likeness (QED) is 0.352. The van der Waals surface area contributed by atoms with E-state index in [-0.39, 0.29) is 12.1 Å². The molecule has 0 fully saturated rings. The number of benzene rings is 2. The van der Waals surface area contributed by atoms with E-state index in [9.17, 15) is 18.7 Å². The predicted molar refractivity (Wildman–Crippen MR) is 128 cm³/mol. The smallest absolute Gasteiger partial charge is 0.334 e. The summed E-state index contributed by atoms with van der Waals surface area (Å²) in [6, 6.07) is 11.1. The Hall–Kier alpha value is -3.70. The molecule has 1 N–H and O–H groups in total. The summed E-state index contributed by atoms with van der Waals surface area (Å²) in [6.45, 7) is 1.36. The Morgan fingerprint density at radius 1 is 1.14 bits per heavy atom. The van der Waals surface area contributed by atoms with E-state index in [0.29, 0.717) is 17.4 Å². The Balaban J connectivity index is 1.62. The number of hydrogen-bond acceptors (Lipinski definition) is 5. The summed E-state index contributed by atoms with van der Waals surface area (Å²) in [5, 5.41) is 15.8. The number of hydrogen-bond donors (Lipinski definition) is 1. The predicted octanol–water partition coefficient (Wildman–Crippen LogP) is 3.94. The highest BCUT2D eigenvalue weighted by Crippen LogP contribution is 2.36. The van der Waals surface area contributed by atoms with Crippen LogP contribution >= 0.6 is 15.9 Å². The van der Waals surface area contributed by atoms with Gasteiger partial charge in [0.15, 0.2) is 0 Å². The van der Waals surface area contributed by atoms with Crippen LogP contribution in [0.2, 0.25) is 0 Å². The third kappa shape index (κ3) is 4.17. The highest BCUT2D eigenvalue weighted by molar-refractivity contribution is 9.10. The van der Waals surface area contributed by atoms with E-state index in [1.165, 1.54) is 38.6 Å². The van der Waals surface area contributed by atoms with E-state index in [4.69, 9.17) is 0 Å². The van der Waals surface area contributed by atoms with Crippen molar-refractivity contribution in [3.63, 3.8) is 0 Å². The lowest BCUT2D eigenvalue weighted by atomic mass is 9.86. The van der Waals surface area contributed by atoms with Crippen molar-refractivity contribution in [1.29, 1.82) is 0 Å². The van der Waals surface area contributed by atoms with Crippen LogP contribution < -0.4 is 5.69 Å². The molecule has 0 aliphatic rings. The molecule has 0 saturated carbocycles. The van der Waals surface area contributed by atoms with Crippen molar-refractivity contribution in [3.05, 3.63) is 106 Å². The van der Waals surface area contributed by atoms with Gasteiger partial charge in [-0.25, -0.2) is 28.2 Å². The number of rotatable bonds is 6. The van der Waals surface area contributed by atoms with Gasteiger partial charge in [-0.15, -0.1) is 0 Å². The van der Waals surface area contributed by atoms with Crippen LogP contribution in [-0.2, 0) is 12.1 Å². The van der Waals surface area contributed by atoms with E-state index in [1.807, 2.05) is 24.3 Å². The first-order chi connectivity index (χ1) is 16.8. The van der Waals surface area contributed by atoms with Gasteiger partial charge in [-0.05, 0) is 31.2 Å². The number of aromatic nitrogens is 6. The van der Waals surface area contributed by atoms with E-state index in [2.05, 4.69) is 31.0 Å². The fourth-order valence-corrected chi connectivity index (χ4v) is 4.39. The molecule has 0 aliphatic heterocycles. The summed E-state index contributed by atoms with van der Waals surface area (Å²) in [5.74, 6) is -1.71. The summed E-state index contributed by atoms with van der Waals surface area (Å²) in [7, 11) is 0. The second-order valence-corrected chi connectivity index (χ2v) is 9.10. The van der Waals surface area contributed by atoms with Crippen LogP contribution in [0.4, 0.5) is 8.78 Å². The van der Waals surface area contributed by atoms with Gasteiger partial charge in [0.1, 0.15) is 35.5 Å². The molecule has 0 unspecified atom stereocenters. The minimum Gasteiger partial charge on any atom is -0.381 e. The molecule has 35 heavy (non-hydrogen) atoms. The van der Waals surface area contributed by atoms with Crippen LogP contribution in [0, 0.1) is 11.6 Å². The molecule has 178 valence electrons. The molecule has 8 nitrogen and oxygen atoms in total. The molecule has 2 atom stereocenters. The fourth-order valence-electron chi connectivity index (χ4n) is 4.13. The number of fused-ring (bicyclic) bond motifs is 1. The average Bonchev–Trinajstić information content (AvgIpc) is 3.49. The van der Waals surface area contributed by atoms with Gasteiger partial charge in [0, 0.05) is 34.1 Å². The van der Waals surface area contributed by atoms with Gasteiger partial charge in [-0.2, -0.15) is 5.10 Å². The summed E-state index contributed by atoms with van der Waals surface area (Å²) >= 11 is 3.40. The Bertz CT molecular complexity index is 1570. The molecular formula is C24H19BrF2N6O2. The van der Waals surface area contributed by atoms with E-state index in [1.54, 1.807) is 19.2 Å². The highest BCUT2D eigenvalue weighted by atomic mass is 79.9. The van der Waals surface area contributed by atoms with Gasteiger partial charge in [-0.1, -0.05) is 34.1 Å². The zero-order valence-electron chi connectivity index (χ0n) is 18.4. The first-order valence-corrected chi connectivity index (χ1v) is 11.4. The standard InChI is InChI=1S/C24H19BrF2N6O2/c1-15(24(35,12-31-14-28-13-29-31)19-7-6-18(26)10-20(19)27)32-9-8-22-30-21(11-33(22)23(32)34)16-2-4-17(25)5-3-16/h2-11,13-15,35H,12H2,1H3/t15-,24-/m1/s1. The molecule has 0 radical (unpaired) electrons. The van der Waals surface area contributed by atoms with Crippen molar-refractivity contribution in [2.24, 2.45) is 0 Å². The van der Waals surface area contributed by atoms with Gasteiger partial charge in [0.25, 0.3) is 0 Å². The van der Waals surface area contributed by atoms with Gasteiger partial charge in [0.2, 0.25) is 0 Å². The fraction of sp³-hybridized carbons (Fsp3) is 0.167. The number of nitrogens with zero attached hydrogens (tertiary/aromatic N) is 6. The summed E-state index contributed by atoms with van der Waals surface area (Å²) in [5.41, 5.74) is -0.781. The van der Waals surface area contributed by atoms with Gasteiger partial charge < -0.3 is 5.11 Å². The zero-order chi connectivity index (χ0) is 24.7. The second-order valence-electron chi connectivity index (χ2n) is 8.18. The number of aliphatic hydroxyl groups is 1. The van der Waals surface area contributed by atoms with Crippen molar-refractivity contribution in [3.8, 4) is 11.3 Å². The molecule has 0 bridgehead atoms. The van der Waals surface area contributed by atoms with Crippen LogP contribution in [0.15, 0.2) is 82.8 Å². The van der Waals surface area contributed by atoms with E-state index in [0.717, 1.165) is 16.1 Å². The number of imidazole rings is 1. The topological polar surface area (TPSA) is 90.2 Å². The van der Waals surface area contributed by atoms with Crippen molar-refractivity contribution in [2.45, 2.75) is 25.1 Å². The summed E-state index contributed by atoms with van der Waals surface area (Å²) in [4.78, 5) is 21.9. The van der Waals surface area contributed by atoms with Crippen LogP contribution in [-0.4, -0.2) is 33.8 Å². The lowest BCUT2D eigenvalue weighted by Crippen LogP contribution is -2.44. The molecule has 11 heteroatoms. The molecule has 0 spiro atoms. The molecule has 5 aromatic rings. The Morgan fingerprint density at radius 3 is 2.60 bits per heavy atom. The van der Waals surface area contributed by atoms with Crippen LogP contribution in [0.5, 0.6) is 0 Å². The maximum Gasteiger partial charge on any atom is 0.334 e. The van der Waals surface area contributed by atoms with Crippen molar-refractivity contribution in [1.82, 2.24) is 28.7 Å². The largest absolute Gasteiger partial charge is 0.381 e. The van der Waals surface area contributed by atoms with Gasteiger partial charge >= 0.3 is 5.69 Å². The van der Waals surface area contributed by atoms with Crippen LogP contribution in [0.3, 0.4) is 0 Å². The summed E-state index contributed by atoms with van der Waals surface area (Å²) < 4.78 is 33.4. The van der Waals surface area contributed by atoms with Gasteiger partial charge in [-0.3, -0.25) is 8.97 Å². The Morgan fingerprint density at radius 2 is 1.91 bits per heavy atom. The van der Waals surface area contributed by atoms with Crippen molar-refractivity contribution >= 4 is 21.6 Å². The normalized spacial score (nSPS) is 14.2. The Labute approximate surface area is 206 Å². The maximum atomic E-state index is 14.9. The molecule has 3 heterocycles. The van der Waals surface area contributed by atoms with E-state index >= 15 is 0 Å². The number of halogens is 3. The molecule has 0 aliphatic carbocycles. The van der Waals surface area contributed by atoms with Crippen molar-refractivity contribution in [2.75, 3.05) is 0 Å². The lowest BCUT2D eigenvalue weighted by molar-refractivity contribution is -0.0346. The molecule has 0 saturated heterocycles. The molecule has 0 amide bonds. The summed E-state index contributed by atoms with van der Waals surface area (Å²) in [6.07, 6.45) is 5.75. The molecule has 5 rings (SSSR count). The second kappa shape index (κ2) is 8.82. The van der Waals surface area contributed by atoms with Crippen LogP contribution in [0.1, 0.15) is 18.5 Å². The molecule has 2 aromatic carbocycles. The third-order valence-electron chi connectivity index (χ3n) is 6.06. The highest BCUT2D eigenvalue weighted by Gasteiger charge is 2.41. The van der Waals surface area contributed by atoms with E-state index < -0.39 is 29.0 Å². The molecular weight excluding hydrogens is 522 g/mol. The monoisotopic (exact) mass is 540 g/mol. The SMILES string of the molecule is C[C@@H](n1ccc2nc(-c3ccc(Br)cc3)cn2c1=O)[C@](O)(Cn1cncn1)c1ccc(F)cc1F. The van der Waals surface area contributed by atoms with Crippen LogP contribution in [0.25, 0.3) is 16.9 Å².